The third-order valence-electron chi connectivity index (χ3n) is 3.36. The van der Waals surface area contributed by atoms with Crippen molar-refractivity contribution in [2.75, 3.05) is 20.7 Å². The summed E-state index contributed by atoms with van der Waals surface area (Å²) in [6.45, 7) is 6.95. The van der Waals surface area contributed by atoms with Crippen molar-refractivity contribution in [2.45, 2.75) is 33.7 Å². The summed E-state index contributed by atoms with van der Waals surface area (Å²) in [7, 11) is 3.25. The molecule has 21 heavy (non-hydrogen) atoms. The number of pyridine rings is 1. The van der Waals surface area contributed by atoms with Crippen molar-refractivity contribution in [1.82, 2.24) is 9.47 Å². The Morgan fingerprint density at radius 1 is 1.33 bits per heavy atom. The molecule has 6 nitrogen and oxygen atoms in total. The van der Waals surface area contributed by atoms with E-state index in [4.69, 9.17) is 4.74 Å². The lowest BCUT2D eigenvalue weighted by atomic mass is 10.1. The Bertz CT molecular complexity index is 617. The first-order chi connectivity index (χ1) is 9.72. The molecule has 0 saturated carbocycles. The molecule has 0 aromatic carbocycles. The van der Waals surface area contributed by atoms with Gasteiger partial charge in [0.1, 0.15) is 6.04 Å². The first-order valence-electron chi connectivity index (χ1n) is 6.83. The van der Waals surface area contributed by atoms with Gasteiger partial charge in [0, 0.05) is 25.9 Å². The molecule has 0 aliphatic rings. The molecule has 1 unspecified atom stereocenters. The molecule has 116 valence electrons. The Hall–Kier alpha value is -2.11. The minimum absolute atomic E-state index is 0.209. The van der Waals surface area contributed by atoms with Crippen molar-refractivity contribution in [3.05, 3.63) is 33.2 Å². The highest BCUT2D eigenvalue weighted by atomic mass is 16.5. The van der Waals surface area contributed by atoms with Crippen LogP contribution in [0.4, 0.5) is 0 Å². The molecular weight excluding hydrogens is 272 g/mol. The van der Waals surface area contributed by atoms with E-state index in [0.29, 0.717) is 16.8 Å². The van der Waals surface area contributed by atoms with Crippen molar-refractivity contribution in [2.24, 2.45) is 0 Å². The molecular formula is C15H22N2O4. The van der Waals surface area contributed by atoms with Crippen LogP contribution in [0.3, 0.4) is 0 Å². The molecule has 0 fully saturated rings. The normalized spacial score (nSPS) is 11.9. The molecule has 0 aliphatic carbocycles. The van der Waals surface area contributed by atoms with Crippen LogP contribution in [0.1, 0.15) is 41.5 Å². The van der Waals surface area contributed by atoms with E-state index in [0.717, 1.165) is 0 Å². The van der Waals surface area contributed by atoms with Gasteiger partial charge in [-0.2, -0.15) is 0 Å². The summed E-state index contributed by atoms with van der Waals surface area (Å²) in [6, 6.07) is 0.680. The summed E-state index contributed by atoms with van der Waals surface area (Å²) in [5.41, 5.74) is 1.04. The number of amides is 1. The van der Waals surface area contributed by atoms with Crippen molar-refractivity contribution in [3.63, 3.8) is 0 Å². The van der Waals surface area contributed by atoms with Gasteiger partial charge < -0.3 is 9.64 Å². The fourth-order valence-corrected chi connectivity index (χ4v) is 2.38. The lowest BCUT2D eigenvalue weighted by Crippen LogP contribution is -2.37. The van der Waals surface area contributed by atoms with Gasteiger partial charge in [-0.1, -0.05) is 0 Å². The molecule has 0 aliphatic heterocycles. The fraction of sp³-hybridized carbons (Fsp3) is 0.533. The zero-order valence-electron chi connectivity index (χ0n) is 13.4. The highest BCUT2D eigenvalue weighted by Crippen LogP contribution is 2.17. The monoisotopic (exact) mass is 294 g/mol. The highest BCUT2D eigenvalue weighted by molar-refractivity contribution is 5.92. The van der Waals surface area contributed by atoms with Gasteiger partial charge in [-0.25, -0.2) is 4.79 Å². The van der Waals surface area contributed by atoms with Gasteiger partial charge in [0.05, 0.1) is 12.2 Å². The molecule has 0 N–H and O–H groups in total. The van der Waals surface area contributed by atoms with E-state index in [1.807, 2.05) is 0 Å². The standard InChI is InChI=1S/C15H22N2O4/c1-7-21-15(20)13-9(2)8-12(18)17(10(13)3)11(4)14(19)16(5)6/h8,11H,7H2,1-6H3. The SMILES string of the molecule is CCOC(=O)c1c(C)cc(=O)n(C(C)C(=O)N(C)C)c1C. The first kappa shape index (κ1) is 16.9. The van der Waals surface area contributed by atoms with Crippen LogP contribution in [0.15, 0.2) is 10.9 Å². The minimum atomic E-state index is -0.679. The number of esters is 1. The van der Waals surface area contributed by atoms with E-state index >= 15 is 0 Å². The van der Waals surface area contributed by atoms with E-state index < -0.39 is 12.0 Å². The number of nitrogens with zero attached hydrogens (tertiary/aromatic N) is 2. The van der Waals surface area contributed by atoms with Crippen LogP contribution in [0.2, 0.25) is 0 Å². The number of likely N-dealkylation sites (N-methyl/N-ethyl adjacent to an activating group) is 1. The van der Waals surface area contributed by atoms with Crippen LogP contribution >= 0.6 is 0 Å². The van der Waals surface area contributed by atoms with Gasteiger partial charge in [0.2, 0.25) is 5.91 Å². The lowest BCUT2D eigenvalue weighted by Gasteiger charge is -2.23. The molecule has 0 bridgehead atoms. The van der Waals surface area contributed by atoms with Gasteiger partial charge in [-0.15, -0.1) is 0 Å². The topological polar surface area (TPSA) is 68.6 Å². The Kier molecular flexibility index (Phi) is 5.29. The summed E-state index contributed by atoms with van der Waals surface area (Å²) in [5, 5.41) is 0. The van der Waals surface area contributed by atoms with Crippen molar-refractivity contribution < 1.29 is 14.3 Å². The van der Waals surface area contributed by atoms with E-state index in [9.17, 15) is 14.4 Å². The van der Waals surface area contributed by atoms with Gasteiger partial charge in [0.15, 0.2) is 0 Å². The maximum atomic E-state index is 12.2. The van der Waals surface area contributed by atoms with Gasteiger partial charge >= 0.3 is 5.97 Å². The minimum Gasteiger partial charge on any atom is -0.462 e. The molecule has 1 atom stereocenters. The average molecular weight is 294 g/mol. The average Bonchev–Trinajstić information content (AvgIpc) is 2.36. The van der Waals surface area contributed by atoms with E-state index in [1.54, 1.807) is 41.8 Å². The van der Waals surface area contributed by atoms with Crippen LogP contribution < -0.4 is 5.56 Å². The number of rotatable bonds is 4. The maximum absolute atomic E-state index is 12.2. The molecule has 0 radical (unpaired) electrons. The van der Waals surface area contributed by atoms with E-state index in [1.165, 1.54) is 15.5 Å². The zero-order chi connectivity index (χ0) is 16.3. The highest BCUT2D eigenvalue weighted by Gasteiger charge is 2.24. The van der Waals surface area contributed by atoms with Gasteiger partial charge in [-0.3, -0.25) is 14.2 Å². The number of ether oxygens (including phenoxy) is 1. The molecule has 0 saturated heterocycles. The van der Waals surface area contributed by atoms with Crippen molar-refractivity contribution >= 4 is 11.9 Å². The predicted octanol–water partition coefficient (Wildman–Crippen LogP) is 1.29. The molecule has 1 amide bonds. The number of aryl methyl sites for hydroxylation is 1. The van der Waals surface area contributed by atoms with Gasteiger partial charge in [0.25, 0.3) is 5.56 Å². The van der Waals surface area contributed by atoms with E-state index in [-0.39, 0.29) is 18.1 Å². The van der Waals surface area contributed by atoms with Crippen LogP contribution in [-0.4, -0.2) is 42.0 Å². The number of carbonyl (C=O) groups excluding carboxylic acids is 2. The quantitative estimate of drug-likeness (QED) is 0.785. The van der Waals surface area contributed by atoms with Gasteiger partial charge in [-0.05, 0) is 33.3 Å². The Morgan fingerprint density at radius 3 is 2.38 bits per heavy atom. The second-order valence-electron chi connectivity index (χ2n) is 5.13. The molecule has 1 aromatic rings. The summed E-state index contributed by atoms with van der Waals surface area (Å²) in [5.74, 6) is -0.690. The lowest BCUT2D eigenvalue weighted by molar-refractivity contribution is -0.131. The number of hydrogen-bond donors (Lipinski definition) is 0. The largest absolute Gasteiger partial charge is 0.462 e. The summed E-state index contributed by atoms with van der Waals surface area (Å²) >= 11 is 0. The smallest absolute Gasteiger partial charge is 0.340 e. The number of hydrogen-bond acceptors (Lipinski definition) is 4. The number of aromatic nitrogens is 1. The third kappa shape index (κ3) is 3.32. The molecule has 1 aromatic heterocycles. The summed E-state index contributed by atoms with van der Waals surface area (Å²) in [6.07, 6.45) is 0. The Morgan fingerprint density at radius 2 is 1.90 bits per heavy atom. The first-order valence-corrected chi connectivity index (χ1v) is 6.83. The molecule has 6 heteroatoms. The maximum Gasteiger partial charge on any atom is 0.340 e. The third-order valence-corrected chi connectivity index (χ3v) is 3.36. The molecule has 1 heterocycles. The number of carbonyl (C=O) groups is 2. The predicted molar refractivity (Wildman–Crippen MR) is 79.5 cm³/mol. The molecule has 0 spiro atoms. The van der Waals surface area contributed by atoms with E-state index in [2.05, 4.69) is 0 Å². The van der Waals surface area contributed by atoms with Crippen LogP contribution in [0.25, 0.3) is 0 Å². The summed E-state index contributed by atoms with van der Waals surface area (Å²) < 4.78 is 6.36. The Labute approximate surface area is 124 Å². The van der Waals surface area contributed by atoms with Crippen LogP contribution in [0.5, 0.6) is 0 Å². The van der Waals surface area contributed by atoms with Crippen LogP contribution in [-0.2, 0) is 9.53 Å². The fourth-order valence-electron chi connectivity index (χ4n) is 2.38. The Balaban J connectivity index is 3.48. The summed E-state index contributed by atoms with van der Waals surface area (Å²) in [4.78, 5) is 37.8. The second-order valence-corrected chi connectivity index (χ2v) is 5.13. The zero-order valence-corrected chi connectivity index (χ0v) is 13.4. The van der Waals surface area contributed by atoms with Crippen LogP contribution in [0, 0.1) is 13.8 Å². The van der Waals surface area contributed by atoms with Crippen molar-refractivity contribution in [3.8, 4) is 0 Å². The molecule has 1 rings (SSSR count). The van der Waals surface area contributed by atoms with Crippen molar-refractivity contribution in [1.29, 1.82) is 0 Å². The second kappa shape index (κ2) is 6.56.